The maximum absolute atomic E-state index is 13.1. The molecule has 0 fully saturated rings. The molecule has 0 atom stereocenters. The highest BCUT2D eigenvalue weighted by Gasteiger charge is 2.36. The summed E-state index contributed by atoms with van der Waals surface area (Å²) in [5.41, 5.74) is 3.23. The first-order valence-electron chi connectivity index (χ1n) is 11.1. The van der Waals surface area contributed by atoms with Crippen LogP contribution in [0.2, 0.25) is 0 Å². The molecular weight excluding hydrogens is 446 g/mol. The van der Waals surface area contributed by atoms with Gasteiger partial charge in [0.25, 0.3) is 10.0 Å². The topological polar surface area (TPSA) is 69.7 Å². The van der Waals surface area contributed by atoms with Crippen molar-refractivity contribution in [1.82, 2.24) is 0 Å². The molecule has 1 N–H and O–H groups in total. The van der Waals surface area contributed by atoms with E-state index in [9.17, 15) is 13.2 Å². The number of carbonyl (C=O) groups excluding carboxylic acids is 1. The number of nitrogens with zero attached hydrogens (tertiary/aromatic N) is 2. The summed E-state index contributed by atoms with van der Waals surface area (Å²) < 4.78 is 27.4. The van der Waals surface area contributed by atoms with Crippen molar-refractivity contribution < 1.29 is 13.2 Å². The zero-order chi connectivity index (χ0) is 23.9. The van der Waals surface area contributed by atoms with Crippen molar-refractivity contribution in [3.63, 3.8) is 0 Å². The van der Waals surface area contributed by atoms with E-state index in [1.807, 2.05) is 54.6 Å². The van der Waals surface area contributed by atoms with Crippen LogP contribution in [0.15, 0.2) is 95.9 Å². The number of para-hydroxylation sites is 1. The number of hydrogen-bond donors (Lipinski definition) is 1. The van der Waals surface area contributed by atoms with Crippen LogP contribution in [0.5, 0.6) is 0 Å². The standard InChI is InChI=1S/C27H25N3O3S/c1-19(2)30(22-10-4-3-5-11-22)23-16-14-21(15-17-23)28-26(31)18-29-24-12-6-8-20-9-7-13-25(27(20)24)34(29,32)33/h3-17,19H,18H2,1-2H3,(H,28,31). The number of carbonyl (C=O) groups is 1. The minimum absolute atomic E-state index is 0.243. The van der Waals surface area contributed by atoms with Crippen LogP contribution in [0.1, 0.15) is 13.8 Å². The zero-order valence-electron chi connectivity index (χ0n) is 19.0. The summed E-state index contributed by atoms with van der Waals surface area (Å²) in [6, 6.07) is 28.5. The van der Waals surface area contributed by atoms with Crippen molar-refractivity contribution in [3.8, 4) is 0 Å². The van der Waals surface area contributed by atoms with E-state index in [0.717, 1.165) is 16.8 Å². The van der Waals surface area contributed by atoms with Crippen LogP contribution in [0.4, 0.5) is 22.7 Å². The van der Waals surface area contributed by atoms with E-state index in [0.29, 0.717) is 16.8 Å². The molecule has 0 radical (unpaired) electrons. The number of hydrogen-bond acceptors (Lipinski definition) is 4. The molecule has 172 valence electrons. The molecule has 0 aromatic heterocycles. The zero-order valence-corrected chi connectivity index (χ0v) is 19.8. The third kappa shape index (κ3) is 3.78. The summed E-state index contributed by atoms with van der Waals surface area (Å²) in [5, 5.41) is 4.34. The Balaban J connectivity index is 1.34. The Bertz CT molecular complexity index is 1460. The summed E-state index contributed by atoms with van der Waals surface area (Å²) in [7, 11) is -3.78. The van der Waals surface area contributed by atoms with Crippen LogP contribution >= 0.6 is 0 Å². The molecule has 0 saturated heterocycles. The fraction of sp³-hybridized carbons (Fsp3) is 0.148. The Morgan fingerprint density at radius 3 is 2.18 bits per heavy atom. The minimum atomic E-state index is -3.78. The Morgan fingerprint density at radius 2 is 1.50 bits per heavy atom. The van der Waals surface area contributed by atoms with E-state index >= 15 is 0 Å². The van der Waals surface area contributed by atoms with Gasteiger partial charge in [-0.15, -0.1) is 0 Å². The van der Waals surface area contributed by atoms with Gasteiger partial charge in [0.2, 0.25) is 5.91 Å². The summed E-state index contributed by atoms with van der Waals surface area (Å²) in [6.07, 6.45) is 0. The van der Waals surface area contributed by atoms with E-state index < -0.39 is 15.9 Å². The molecule has 5 rings (SSSR count). The molecule has 0 aliphatic carbocycles. The number of rotatable bonds is 6. The molecule has 7 heteroatoms. The first-order chi connectivity index (χ1) is 16.4. The summed E-state index contributed by atoms with van der Waals surface area (Å²) in [5.74, 6) is -0.398. The van der Waals surface area contributed by atoms with Crippen molar-refractivity contribution in [2.45, 2.75) is 24.8 Å². The number of sulfonamides is 1. The Kier molecular flexibility index (Phi) is 5.49. The maximum Gasteiger partial charge on any atom is 0.265 e. The predicted molar refractivity (Wildman–Crippen MR) is 137 cm³/mol. The van der Waals surface area contributed by atoms with Crippen molar-refractivity contribution in [2.24, 2.45) is 0 Å². The third-order valence-corrected chi connectivity index (χ3v) is 7.75. The quantitative estimate of drug-likeness (QED) is 0.401. The molecule has 1 heterocycles. The molecule has 4 aromatic carbocycles. The number of benzene rings is 4. The SMILES string of the molecule is CC(C)N(c1ccccc1)c1ccc(NC(=O)CN2c3cccc4cccc(c34)S2(=O)=O)cc1. The van der Waals surface area contributed by atoms with Gasteiger partial charge in [-0.05, 0) is 67.8 Å². The second-order valence-corrected chi connectivity index (χ2v) is 10.4. The lowest BCUT2D eigenvalue weighted by Crippen LogP contribution is -2.35. The highest BCUT2D eigenvalue weighted by atomic mass is 32.2. The van der Waals surface area contributed by atoms with Gasteiger partial charge in [-0.2, -0.15) is 0 Å². The third-order valence-electron chi connectivity index (χ3n) is 5.95. The Labute approximate surface area is 199 Å². The van der Waals surface area contributed by atoms with Gasteiger partial charge in [-0.3, -0.25) is 9.10 Å². The Morgan fingerprint density at radius 1 is 0.853 bits per heavy atom. The number of anilines is 4. The summed E-state index contributed by atoms with van der Waals surface area (Å²) in [4.78, 5) is 15.3. The fourth-order valence-corrected chi connectivity index (χ4v) is 6.17. The molecule has 1 aliphatic rings. The van der Waals surface area contributed by atoms with Gasteiger partial charge in [-0.25, -0.2) is 8.42 Å². The monoisotopic (exact) mass is 471 g/mol. The van der Waals surface area contributed by atoms with E-state index in [2.05, 4.69) is 36.2 Å². The van der Waals surface area contributed by atoms with Crippen LogP contribution in [-0.2, 0) is 14.8 Å². The molecule has 0 unspecified atom stereocenters. The smallest absolute Gasteiger partial charge is 0.265 e. The first-order valence-corrected chi connectivity index (χ1v) is 12.6. The minimum Gasteiger partial charge on any atom is -0.339 e. The van der Waals surface area contributed by atoms with Gasteiger partial charge in [-0.1, -0.05) is 42.5 Å². The summed E-state index contributed by atoms with van der Waals surface area (Å²) in [6.45, 7) is 3.95. The van der Waals surface area contributed by atoms with Crippen LogP contribution in [0.3, 0.4) is 0 Å². The molecule has 0 saturated carbocycles. The average molecular weight is 472 g/mol. The normalized spacial score (nSPS) is 13.9. The van der Waals surface area contributed by atoms with Gasteiger partial charge in [0.1, 0.15) is 6.54 Å². The fourth-order valence-electron chi connectivity index (χ4n) is 4.50. The molecule has 0 bridgehead atoms. The lowest BCUT2D eigenvalue weighted by molar-refractivity contribution is -0.114. The molecule has 4 aromatic rings. The van der Waals surface area contributed by atoms with E-state index in [1.54, 1.807) is 24.3 Å². The van der Waals surface area contributed by atoms with Crippen LogP contribution in [0, 0.1) is 0 Å². The lowest BCUT2D eigenvalue weighted by Gasteiger charge is -2.29. The second-order valence-electron chi connectivity index (χ2n) is 8.54. The molecular formula is C27H25N3O3S. The predicted octanol–water partition coefficient (Wildman–Crippen LogP) is 5.53. The van der Waals surface area contributed by atoms with Crippen molar-refractivity contribution >= 4 is 49.5 Å². The number of amides is 1. The van der Waals surface area contributed by atoms with Crippen molar-refractivity contribution in [3.05, 3.63) is 91.0 Å². The largest absolute Gasteiger partial charge is 0.339 e. The van der Waals surface area contributed by atoms with Crippen LogP contribution in [0.25, 0.3) is 10.8 Å². The highest BCUT2D eigenvalue weighted by molar-refractivity contribution is 7.93. The van der Waals surface area contributed by atoms with Crippen LogP contribution < -0.4 is 14.5 Å². The van der Waals surface area contributed by atoms with Gasteiger partial charge in [0, 0.05) is 28.5 Å². The lowest BCUT2D eigenvalue weighted by atomic mass is 10.1. The van der Waals surface area contributed by atoms with Gasteiger partial charge >= 0.3 is 0 Å². The molecule has 1 amide bonds. The van der Waals surface area contributed by atoms with Gasteiger partial charge in [0.15, 0.2) is 0 Å². The van der Waals surface area contributed by atoms with Crippen molar-refractivity contribution in [1.29, 1.82) is 0 Å². The van der Waals surface area contributed by atoms with Gasteiger partial charge < -0.3 is 10.2 Å². The van der Waals surface area contributed by atoms with Gasteiger partial charge in [0.05, 0.1) is 10.6 Å². The average Bonchev–Trinajstić information content (AvgIpc) is 3.04. The first kappa shape index (κ1) is 22.0. The summed E-state index contributed by atoms with van der Waals surface area (Å²) >= 11 is 0. The molecule has 1 aliphatic heterocycles. The van der Waals surface area contributed by atoms with E-state index in [4.69, 9.17) is 0 Å². The number of nitrogens with one attached hydrogen (secondary N) is 1. The van der Waals surface area contributed by atoms with E-state index in [-0.39, 0.29) is 17.5 Å². The van der Waals surface area contributed by atoms with E-state index in [1.165, 1.54) is 4.31 Å². The Hall–Kier alpha value is -3.84. The molecule has 6 nitrogen and oxygen atoms in total. The molecule has 34 heavy (non-hydrogen) atoms. The van der Waals surface area contributed by atoms with Crippen LogP contribution in [-0.4, -0.2) is 26.9 Å². The highest BCUT2D eigenvalue weighted by Crippen LogP contribution is 2.41. The molecule has 0 spiro atoms. The van der Waals surface area contributed by atoms with Crippen molar-refractivity contribution in [2.75, 3.05) is 21.1 Å². The maximum atomic E-state index is 13.1. The second kappa shape index (κ2) is 8.50.